The Balaban J connectivity index is 1.65. The van der Waals surface area contributed by atoms with E-state index in [1.807, 2.05) is 31.2 Å². The van der Waals surface area contributed by atoms with Gasteiger partial charge in [0.2, 0.25) is 5.91 Å². The van der Waals surface area contributed by atoms with Gasteiger partial charge in [0.25, 0.3) is 0 Å². The van der Waals surface area contributed by atoms with E-state index in [0.29, 0.717) is 12.8 Å². The zero-order chi connectivity index (χ0) is 17.1. The number of carboxylic acids is 1. The monoisotopic (exact) mass is 327 g/mol. The van der Waals surface area contributed by atoms with Crippen LogP contribution >= 0.6 is 0 Å². The Labute approximate surface area is 140 Å². The number of nitrogens with zero attached hydrogens (tertiary/aromatic N) is 1. The molecule has 0 aliphatic heterocycles. The lowest BCUT2D eigenvalue weighted by atomic mass is 9.87. The lowest BCUT2D eigenvalue weighted by Gasteiger charge is -2.23. The number of aryl methyl sites for hydroxylation is 2. The number of rotatable bonds is 5. The van der Waals surface area contributed by atoms with Crippen LogP contribution in [0.2, 0.25) is 0 Å². The number of aromatic amines is 1. The van der Waals surface area contributed by atoms with Gasteiger partial charge in [-0.05, 0) is 37.3 Å². The summed E-state index contributed by atoms with van der Waals surface area (Å²) in [7, 11) is 0. The van der Waals surface area contributed by atoms with Crippen LogP contribution in [0, 0.1) is 12.8 Å². The van der Waals surface area contributed by atoms with Crippen molar-refractivity contribution in [2.24, 2.45) is 5.92 Å². The number of hydrogen-bond donors (Lipinski definition) is 3. The Bertz CT molecular complexity index is 753. The Morgan fingerprint density at radius 2 is 2.29 bits per heavy atom. The molecule has 0 radical (unpaired) electrons. The van der Waals surface area contributed by atoms with Crippen molar-refractivity contribution < 1.29 is 14.7 Å². The zero-order valence-electron chi connectivity index (χ0n) is 13.6. The van der Waals surface area contributed by atoms with Gasteiger partial charge in [0.05, 0.1) is 6.20 Å². The first-order valence-electron chi connectivity index (χ1n) is 8.13. The van der Waals surface area contributed by atoms with Gasteiger partial charge in [0, 0.05) is 18.0 Å². The second-order valence-electron chi connectivity index (χ2n) is 6.41. The Morgan fingerprint density at radius 1 is 1.46 bits per heavy atom. The van der Waals surface area contributed by atoms with Crippen molar-refractivity contribution in [1.82, 2.24) is 15.5 Å². The van der Waals surface area contributed by atoms with E-state index >= 15 is 0 Å². The van der Waals surface area contributed by atoms with Gasteiger partial charge in [-0.25, -0.2) is 4.79 Å². The molecular formula is C18H21N3O3. The zero-order valence-corrected chi connectivity index (χ0v) is 13.6. The fraction of sp³-hybridized carbons (Fsp3) is 0.389. The molecule has 2 aromatic rings. The highest BCUT2D eigenvalue weighted by Crippen LogP contribution is 2.24. The van der Waals surface area contributed by atoms with E-state index in [1.165, 1.54) is 0 Å². The summed E-state index contributed by atoms with van der Waals surface area (Å²) in [6.07, 6.45) is 4.11. The average Bonchev–Trinajstić information content (AvgIpc) is 3.01. The number of aliphatic carboxylic acids is 1. The number of aromatic nitrogens is 2. The van der Waals surface area contributed by atoms with Gasteiger partial charge in [0.1, 0.15) is 6.04 Å². The molecule has 0 spiro atoms. The molecule has 0 saturated heterocycles. The topological polar surface area (TPSA) is 95.1 Å². The number of carbonyl (C=O) groups excluding carboxylic acids is 1. The minimum atomic E-state index is -1.01. The van der Waals surface area contributed by atoms with Gasteiger partial charge in [-0.2, -0.15) is 5.10 Å². The third-order valence-electron chi connectivity index (χ3n) is 4.52. The molecule has 0 bridgehead atoms. The molecule has 2 atom stereocenters. The predicted octanol–water partition coefficient (Wildman–Crippen LogP) is 1.64. The Kier molecular flexibility index (Phi) is 4.64. The Morgan fingerprint density at radius 3 is 3.04 bits per heavy atom. The van der Waals surface area contributed by atoms with E-state index in [-0.39, 0.29) is 18.2 Å². The number of hydrogen-bond acceptors (Lipinski definition) is 3. The lowest BCUT2D eigenvalue weighted by molar-refractivity contribution is -0.142. The van der Waals surface area contributed by atoms with E-state index in [4.69, 9.17) is 0 Å². The van der Waals surface area contributed by atoms with Crippen LogP contribution in [0.25, 0.3) is 0 Å². The summed E-state index contributed by atoms with van der Waals surface area (Å²) in [6, 6.07) is 6.77. The number of H-pyrrole nitrogens is 1. The van der Waals surface area contributed by atoms with Crippen molar-refractivity contribution in [2.45, 2.75) is 38.6 Å². The third-order valence-corrected chi connectivity index (χ3v) is 4.52. The first-order valence-corrected chi connectivity index (χ1v) is 8.13. The second kappa shape index (κ2) is 6.86. The molecule has 1 aromatic carbocycles. The molecule has 126 valence electrons. The van der Waals surface area contributed by atoms with Gasteiger partial charge in [0.15, 0.2) is 0 Å². The van der Waals surface area contributed by atoms with Crippen molar-refractivity contribution in [3.8, 4) is 0 Å². The van der Waals surface area contributed by atoms with Crippen LogP contribution in [0.1, 0.15) is 28.8 Å². The highest BCUT2D eigenvalue weighted by Gasteiger charge is 2.29. The van der Waals surface area contributed by atoms with Gasteiger partial charge >= 0.3 is 5.97 Å². The summed E-state index contributed by atoms with van der Waals surface area (Å²) < 4.78 is 0. The highest BCUT2D eigenvalue weighted by atomic mass is 16.4. The SMILES string of the molecule is Cc1cccc(CC(NC(=O)C2CCc3[nH]ncc3C2)C(=O)O)c1. The summed E-state index contributed by atoms with van der Waals surface area (Å²) >= 11 is 0. The predicted molar refractivity (Wildman–Crippen MR) is 88.6 cm³/mol. The summed E-state index contributed by atoms with van der Waals surface area (Å²) in [5.41, 5.74) is 4.10. The van der Waals surface area contributed by atoms with Crippen LogP contribution in [0.4, 0.5) is 0 Å². The van der Waals surface area contributed by atoms with Gasteiger partial charge in [-0.1, -0.05) is 29.8 Å². The van der Waals surface area contributed by atoms with Crippen LogP contribution in [0.5, 0.6) is 0 Å². The normalized spacial score (nSPS) is 17.8. The van der Waals surface area contributed by atoms with Gasteiger partial charge < -0.3 is 10.4 Å². The van der Waals surface area contributed by atoms with E-state index in [1.54, 1.807) is 6.20 Å². The number of carbonyl (C=O) groups is 2. The first kappa shape index (κ1) is 16.2. The minimum absolute atomic E-state index is 0.193. The molecule has 3 N–H and O–H groups in total. The molecular weight excluding hydrogens is 306 g/mol. The number of benzene rings is 1. The molecule has 6 heteroatoms. The average molecular weight is 327 g/mol. The fourth-order valence-electron chi connectivity index (χ4n) is 3.20. The fourth-order valence-corrected chi connectivity index (χ4v) is 3.20. The van der Waals surface area contributed by atoms with Gasteiger partial charge in [-0.3, -0.25) is 9.89 Å². The van der Waals surface area contributed by atoms with Crippen molar-refractivity contribution in [3.05, 3.63) is 52.8 Å². The maximum absolute atomic E-state index is 12.5. The van der Waals surface area contributed by atoms with Crippen LogP contribution < -0.4 is 5.32 Å². The van der Waals surface area contributed by atoms with Crippen molar-refractivity contribution >= 4 is 11.9 Å². The molecule has 3 rings (SSSR count). The maximum Gasteiger partial charge on any atom is 0.326 e. The number of amides is 1. The number of nitrogens with one attached hydrogen (secondary N) is 2. The number of carboxylic acid groups (broad SMARTS) is 1. The molecule has 1 heterocycles. The minimum Gasteiger partial charge on any atom is -0.480 e. The lowest BCUT2D eigenvalue weighted by Crippen LogP contribution is -2.45. The van der Waals surface area contributed by atoms with E-state index in [2.05, 4.69) is 15.5 Å². The largest absolute Gasteiger partial charge is 0.480 e. The van der Waals surface area contributed by atoms with Crippen LogP contribution in [0.3, 0.4) is 0 Å². The third kappa shape index (κ3) is 3.64. The molecule has 1 aliphatic rings. The standard InChI is InChI=1S/C18H21N3O3/c1-11-3-2-4-12(7-11)8-16(18(23)24)20-17(22)13-5-6-15-14(9-13)10-19-21-15/h2-4,7,10,13,16H,5-6,8-9H2,1H3,(H,19,21)(H,20,22)(H,23,24). The molecule has 24 heavy (non-hydrogen) atoms. The Hall–Kier alpha value is -2.63. The summed E-state index contributed by atoms with van der Waals surface area (Å²) in [5, 5.41) is 19.1. The van der Waals surface area contributed by atoms with Crippen molar-refractivity contribution in [1.29, 1.82) is 0 Å². The van der Waals surface area contributed by atoms with Crippen LogP contribution in [0.15, 0.2) is 30.5 Å². The molecule has 1 aromatic heterocycles. The van der Waals surface area contributed by atoms with Crippen molar-refractivity contribution in [3.63, 3.8) is 0 Å². The van der Waals surface area contributed by atoms with E-state index < -0.39 is 12.0 Å². The number of fused-ring (bicyclic) bond motifs is 1. The first-order chi connectivity index (χ1) is 11.5. The smallest absolute Gasteiger partial charge is 0.326 e. The summed E-state index contributed by atoms with van der Waals surface area (Å²) in [4.78, 5) is 24.0. The summed E-state index contributed by atoms with van der Waals surface area (Å²) in [5.74, 6) is -1.40. The molecule has 0 saturated carbocycles. The molecule has 2 unspecified atom stereocenters. The molecule has 6 nitrogen and oxygen atoms in total. The van der Waals surface area contributed by atoms with Crippen LogP contribution in [-0.2, 0) is 28.9 Å². The summed E-state index contributed by atoms with van der Waals surface area (Å²) in [6.45, 7) is 1.96. The molecule has 0 fully saturated rings. The van der Waals surface area contributed by atoms with Crippen molar-refractivity contribution in [2.75, 3.05) is 0 Å². The van der Waals surface area contributed by atoms with Gasteiger partial charge in [-0.15, -0.1) is 0 Å². The van der Waals surface area contributed by atoms with Crippen LogP contribution in [-0.4, -0.2) is 33.2 Å². The molecule has 1 amide bonds. The second-order valence-corrected chi connectivity index (χ2v) is 6.41. The van der Waals surface area contributed by atoms with E-state index in [0.717, 1.165) is 28.8 Å². The quantitative estimate of drug-likeness (QED) is 0.778. The van der Waals surface area contributed by atoms with E-state index in [9.17, 15) is 14.7 Å². The molecule has 1 aliphatic carbocycles. The maximum atomic E-state index is 12.5. The highest BCUT2D eigenvalue weighted by molar-refractivity contribution is 5.85.